The molecule has 102 valence electrons. The van der Waals surface area contributed by atoms with E-state index in [4.69, 9.17) is 0 Å². The molecule has 2 N–H and O–H groups in total. The maximum Gasteiger partial charge on any atom is 0.254 e. The minimum Gasteiger partial charge on any atom is -0.391 e. The van der Waals surface area contributed by atoms with E-state index in [2.05, 4.69) is 5.32 Å². The number of hydrogen-bond acceptors (Lipinski definition) is 3. The molecule has 0 bridgehead atoms. The molecule has 0 spiro atoms. The lowest BCUT2D eigenvalue weighted by atomic mass is 9.96. The number of fused-ring (bicyclic) bond motifs is 1. The van der Waals surface area contributed by atoms with Crippen LogP contribution in [0.25, 0.3) is 0 Å². The number of nitrogens with one attached hydrogen (secondary N) is 1. The molecular formula is C15H20N2O2. The Kier molecular flexibility index (Phi) is 3.42. The summed E-state index contributed by atoms with van der Waals surface area (Å²) in [5.41, 5.74) is 3.03. The molecule has 4 nitrogen and oxygen atoms in total. The van der Waals surface area contributed by atoms with Gasteiger partial charge in [0.1, 0.15) is 0 Å². The average molecular weight is 260 g/mol. The smallest absolute Gasteiger partial charge is 0.254 e. The predicted octanol–water partition coefficient (Wildman–Crippen LogP) is 1.64. The third-order valence-corrected chi connectivity index (χ3v) is 4.01. The molecule has 1 saturated heterocycles. The van der Waals surface area contributed by atoms with Crippen molar-refractivity contribution in [2.45, 2.75) is 31.8 Å². The number of nitrogens with zero attached hydrogens (tertiary/aromatic N) is 1. The van der Waals surface area contributed by atoms with E-state index in [1.807, 2.05) is 18.2 Å². The summed E-state index contributed by atoms with van der Waals surface area (Å²) in [7, 11) is 0. The highest BCUT2D eigenvalue weighted by Gasteiger charge is 2.25. The maximum atomic E-state index is 12.6. The molecule has 19 heavy (non-hydrogen) atoms. The first-order chi connectivity index (χ1) is 9.25. The van der Waals surface area contributed by atoms with E-state index in [1.165, 1.54) is 0 Å². The molecule has 0 unspecified atom stereocenters. The van der Waals surface area contributed by atoms with Crippen molar-refractivity contribution in [2.75, 3.05) is 25.0 Å². The molecule has 2 aliphatic heterocycles. The Bertz CT molecular complexity index is 487. The van der Waals surface area contributed by atoms with Gasteiger partial charge in [0.05, 0.1) is 6.10 Å². The number of likely N-dealkylation sites (tertiary alicyclic amines) is 1. The molecule has 1 atom stereocenters. The molecule has 4 heteroatoms. The first-order valence-corrected chi connectivity index (χ1v) is 7.09. The third-order valence-electron chi connectivity index (χ3n) is 4.01. The number of aliphatic hydroxyl groups is 1. The molecule has 0 aromatic heterocycles. The van der Waals surface area contributed by atoms with Crippen LogP contribution in [-0.2, 0) is 6.42 Å². The van der Waals surface area contributed by atoms with Crippen LogP contribution in [-0.4, -0.2) is 41.7 Å². The number of anilines is 1. The Morgan fingerprint density at radius 3 is 3.11 bits per heavy atom. The van der Waals surface area contributed by atoms with E-state index in [0.717, 1.165) is 55.6 Å². The largest absolute Gasteiger partial charge is 0.391 e. The minimum atomic E-state index is -0.365. The second kappa shape index (κ2) is 5.21. The lowest BCUT2D eigenvalue weighted by Crippen LogP contribution is -2.42. The van der Waals surface area contributed by atoms with Gasteiger partial charge in [-0.1, -0.05) is 6.07 Å². The van der Waals surface area contributed by atoms with E-state index in [-0.39, 0.29) is 12.0 Å². The molecular weight excluding hydrogens is 240 g/mol. The maximum absolute atomic E-state index is 12.6. The van der Waals surface area contributed by atoms with E-state index >= 15 is 0 Å². The summed E-state index contributed by atoms with van der Waals surface area (Å²) in [6, 6.07) is 5.89. The zero-order valence-corrected chi connectivity index (χ0v) is 11.1. The minimum absolute atomic E-state index is 0.0688. The Labute approximate surface area is 113 Å². The summed E-state index contributed by atoms with van der Waals surface area (Å²) in [5, 5.41) is 13.1. The third kappa shape index (κ3) is 2.45. The fraction of sp³-hybridized carbons (Fsp3) is 0.533. The van der Waals surface area contributed by atoms with Crippen LogP contribution < -0.4 is 5.32 Å². The fourth-order valence-corrected chi connectivity index (χ4v) is 3.02. The van der Waals surface area contributed by atoms with Gasteiger partial charge in [0, 0.05) is 30.9 Å². The Balaban J connectivity index is 1.87. The van der Waals surface area contributed by atoms with Crippen molar-refractivity contribution >= 4 is 11.6 Å². The Morgan fingerprint density at radius 2 is 2.26 bits per heavy atom. The normalized spacial score (nSPS) is 22.6. The van der Waals surface area contributed by atoms with E-state index in [0.29, 0.717) is 6.54 Å². The van der Waals surface area contributed by atoms with Crippen molar-refractivity contribution in [2.24, 2.45) is 0 Å². The zero-order valence-electron chi connectivity index (χ0n) is 11.1. The summed E-state index contributed by atoms with van der Waals surface area (Å²) in [6.45, 7) is 2.20. The molecule has 1 aromatic carbocycles. The van der Waals surface area contributed by atoms with E-state index < -0.39 is 0 Å². The van der Waals surface area contributed by atoms with Gasteiger partial charge in [0.15, 0.2) is 0 Å². The molecule has 1 fully saturated rings. The van der Waals surface area contributed by atoms with Gasteiger partial charge in [-0.25, -0.2) is 0 Å². The Hall–Kier alpha value is -1.55. The summed E-state index contributed by atoms with van der Waals surface area (Å²) >= 11 is 0. The summed E-state index contributed by atoms with van der Waals surface area (Å²) in [4.78, 5) is 14.4. The van der Waals surface area contributed by atoms with Crippen LogP contribution in [0.4, 0.5) is 5.69 Å². The summed E-state index contributed by atoms with van der Waals surface area (Å²) in [6.07, 6.45) is 3.36. The highest BCUT2D eigenvalue weighted by atomic mass is 16.3. The number of hydrogen-bond donors (Lipinski definition) is 2. The SMILES string of the molecule is O=C(c1cccc2c1CCCN2)N1CCC[C@H](O)C1. The second-order valence-corrected chi connectivity index (χ2v) is 5.41. The van der Waals surface area contributed by atoms with Gasteiger partial charge in [-0.05, 0) is 43.4 Å². The molecule has 0 aliphatic carbocycles. The number of amides is 1. The highest BCUT2D eigenvalue weighted by Crippen LogP contribution is 2.27. The number of piperidine rings is 1. The van der Waals surface area contributed by atoms with Crippen molar-refractivity contribution < 1.29 is 9.90 Å². The van der Waals surface area contributed by atoms with Gasteiger partial charge in [-0.15, -0.1) is 0 Å². The van der Waals surface area contributed by atoms with Crippen LogP contribution in [0.3, 0.4) is 0 Å². The van der Waals surface area contributed by atoms with Crippen molar-refractivity contribution in [1.82, 2.24) is 4.90 Å². The van der Waals surface area contributed by atoms with Crippen LogP contribution >= 0.6 is 0 Å². The van der Waals surface area contributed by atoms with Crippen molar-refractivity contribution in [1.29, 1.82) is 0 Å². The molecule has 3 rings (SSSR count). The summed E-state index contributed by atoms with van der Waals surface area (Å²) in [5.74, 6) is 0.0688. The number of carbonyl (C=O) groups is 1. The molecule has 0 radical (unpaired) electrons. The summed E-state index contributed by atoms with van der Waals surface area (Å²) < 4.78 is 0. The monoisotopic (exact) mass is 260 g/mol. The van der Waals surface area contributed by atoms with Gasteiger partial charge in [-0.3, -0.25) is 4.79 Å². The average Bonchev–Trinajstić information content (AvgIpc) is 2.46. The van der Waals surface area contributed by atoms with Crippen LogP contribution in [0.5, 0.6) is 0 Å². The quantitative estimate of drug-likeness (QED) is 0.807. The fourth-order valence-electron chi connectivity index (χ4n) is 3.02. The van der Waals surface area contributed by atoms with E-state index in [1.54, 1.807) is 4.90 Å². The van der Waals surface area contributed by atoms with Gasteiger partial charge in [0.2, 0.25) is 0 Å². The van der Waals surface area contributed by atoms with E-state index in [9.17, 15) is 9.90 Å². The zero-order chi connectivity index (χ0) is 13.2. The van der Waals surface area contributed by atoms with Gasteiger partial charge >= 0.3 is 0 Å². The van der Waals surface area contributed by atoms with Crippen LogP contribution in [0, 0.1) is 0 Å². The van der Waals surface area contributed by atoms with Crippen molar-refractivity contribution in [3.05, 3.63) is 29.3 Å². The Morgan fingerprint density at radius 1 is 1.37 bits per heavy atom. The topological polar surface area (TPSA) is 52.6 Å². The van der Waals surface area contributed by atoms with Crippen LogP contribution in [0.1, 0.15) is 35.2 Å². The number of carbonyl (C=O) groups excluding carboxylic acids is 1. The highest BCUT2D eigenvalue weighted by molar-refractivity contribution is 5.97. The number of rotatable bonds is 1. The lowest BCUT2D eigenvalue weighted by Gasteiger charge is -2.31. The van der Waals surface area contributed by atoms with Crippen LogP contribution in [0.15, 0.2) is 18.2 Å². The molecule has 1 aromatic rings. The number of benzene rings is 1. The second-order valence-electron chi connectivity index (χ2n) is 5.41. The van der Waals surface area contributed by atoms with Gasteiger partial charge < -0.3 is 15.3 Å². The molecule has 2 heterocycles. The predicted molar refractivity (Wildman–Crippen MR) is 74.4 cm³/mol. The van der Waals surface area contributed by atoms with Crippen molar-refractivity contribution in [3.8, 4) is 0 Å². The van der Waals surface area contributed by atoms with Crippen LogP contribution in [0.2, 0.25) is 0 Å². The first kappa shape index (κ1) is 12.5. The molecule has 1 amide bonds. The van der Waals surface area contributed by atoms with Gasteiger partial charge in [-0.2, -0.15) is 0 Å². The standard InChI is InChI=1S/C15H20N2O2/c18-11-4-3-9-17(10-11)15(19)13-5-1-7-14-12(13)6-2-8-16-14/h1,5,7,11,16,18H,2-4,6,8-10H2/t11-/m0/s1. The first-order valence-electron chi connectivity index (χ1n) is 7.09. The van der Waals surface area contributed by atoms with Gasteiger partial charge in [0.25, 0.3) is 5.91 Å². The lowest BCUT2D eigenvalue weighted by molar-refractivity contribution is 0.0473. The molecule has 2 aliphatic rings. The number of β-amino-alcohol motifs (C(OH)–C–C–N with tert-alkyl or cyclic N) is 1. The number of aliphatic hydroxyl groups excluding tert-OH is 1. The molecule has 0 saturated carbocycles. The van der Waals surface area contributed by atoms with Crippen molar-refractivity contribution in [3.63, 3.8) is 0 Å².